The van der Waals surface area contributed by atoms with Gasteiger partial charge in [0.05, 0.1) is 11.7 Å². The number of alkyl halides is 3. The number of carboxylic acid groups (broad SMARTS) is 1. The third-order valence-electron chi connectivity index (χ3n) is 1.48. The van der Waals surface area contributed by atoms with Crippen molar-refractivity contribution in [3.63, 3.8) is 0 Å². The summed E-state index contributed by atoms with van der Waals surface area (Å²) >= 11 is 0. The fraction of sp³-hybridized carbons (Fsp3) is 0.125. The first-order valence-corrected chi connectivity index (χ1v) is 3.94. The van der Waals surface area contributed by atoms with E-state index in [4.69, 9.17) is 9.90 Å². The van der Waals surface area contributed by atoms with E-state index in [0.717, 1.165) is 10.9 Å². The Bertz CT molecular complexity index is 450. The van der Waals surface area contributed by atoms with Gasteiger partial charge in [-0.1, -0.05) is 0 Å². The van der Waals surface area contributed by atoms with E-state index in [1.807, 2.05) is 6.07 Å². The van der Waals surface area contributed by atoms with Crippen LogP contribution in [0.3, 0.4) is 0 Å². The average Bonchev–Trinajstić information content (AvgIpc) is 2.64. The topological polar surface area (TPSA) is 78.9 Å². The predicted molar refractivity (Wildman–Crippen MR) is 47.6 cm³/mol. The Kier molecular flexibility index (Phi) is 3.44. The van der Waals surface area contributed by atoms with Crippen LogP contribution in [0.15, 0.2) is 24.7 Å². The number of carboxylic acids is 1. The molecule has 86 valence electrons. The van der Waals surface area contributed by atoms with E-state index in [2.05, 4.69) is 15.2 Å². The van der Waals surface area contributed by atoms with Crippen LogP contribution in [0, 0.1) is 0 Å². The third-order valence-corrected chi connectivity index (χ3v) is 1.48. The number of halogens is 3. The van der Waals surface area contributed by atoms with Crippen LogP contribution < -0.4 is 0 Å². The van der Waals surface area contributed by atoms with Gasteiger partial charge in [-0.15, -0.1) is 0 Å². The molecule has 8 heteroatoms. The monoisotopic (exact) mass is 233 g/mol. The first kappa shape index (κ1) is 12.0. The van der Waals surface area contributed by atoms with Crippen LogP contribution in [0.5, 0.6) is 0 Å². The van der Waals surface area contributed by atoms with Crippen molar-refractivity contribution in [2.75, 3.05) is 0 Å². The summed E-state index contributed by atoms with van der Waals surface area (Å²) in [6, 6.07) is 1.89. The van der Waals surface area contributed by atoms with Gasteiger partial charge >= 0.3 is 12.1 Å². The molecule has 5 nitrogen and oxygen atoms in total. The molecule has 2 N–H and O–H groups in total. The Hall–Kier alpha value is -2.12. The van der Waals surface area contributed by atoms with E-state index >= 15 is 0 Å². The van der Waals surface area contributed by atoms with Crippen molar-refractivity contribution in [1.29, 1.82) is 0 Å². The second-order valence-electron chi connectivity index (χ2n) is 2.64. The minimum absolute atomic E-state index is 1.03. The number of aromatic amines is 1. The molecule has 0 amide bonds. The molecular formula is C8H6F3N3O2. The van der Waals surface area contributed by atoms with Gasteiger partial charge in [0, 0.05) is 17.8 Å². The van der Waals surface area contributed by atoms with E-state index in [9.17, 15) is 13.2 Å². The Labute approximate surface area is 86.9 Å². The summed E-state index contributed by atoms with van der Waals surface area (Å²) in [4.78, 5) is 12.8. The predicted octanol–water partition coefficient (Wildman–Crippen LogP) is 1.59. The summed E-state index contributed by atoms with van der Waals surface area (Å²) in [5, 5.41) is 14.8. The van der Waals surface area contributed by atoms with E-state index in [-0.39, 0.29) is 0 Å². The normalized spacial score (nSPS) is 10.7. The first-order chi connectivity index (χ1) is 7.41. The third kappa shape index (κ3) is 3.23. The van der Waals surface area contributed by atoms with Gasteiger partial charge in [-0.2, -0.15) is 18.3 Å². The van der Waals surface area contributed by atoms with Crippen LogP contribution in [0.2, 0.25) is 0 Å². The highest BCUT2D eigenvalue weighted by Crippen LogP contribution is 2.13. The molecule has 0 saturated carbocycles. The fourth-order valence-electron chi connectivity index (χ4n) is 0.783. The highest BCUT2D eigenvalue weighted by atomic mass is 19.4. The van der Waals surface area contributed by atoms with Gasteiger partial charge in [-0.25, -0.2) is 4.79 Å². The number of hydrogen-bond donors (Lipinski definition) is 2. The zero-order valence-corrected chi connectivity index (χ0v) is 7.69. The van der Waals surface area contributed by atoms with Crippen molar-refractivity contribution in [3.8, 4) is 0 Å². The van der Waals surface area contributed by atoms with Gasteiger partial charge in [0.2, 0.25) is 0 Å². The van der Waals surface area contributed by atoms with Gasteiger partial charge in [0.1, 0.15) is 0 Å². The second kappa shape index (κ2) is 4.60. The Morgan fingerprint density at radius 1 is 1.38 bits per heavy atom. The van der Waals surface area contributed by atoms with Crippen LogP contribution in [-0.2, 0) is 4.79 Å². The summed E-state index contributed by atoms with van der Waals surface area (Å²) in [7, 11) is 0. The van der Waals surface area contributed by atoms with Crippen LogP contribution in [0.25, 0.3) is 10.9 Å². The zero-order valence-electron chi connectivity index (χ0n) is 7.69. The molecule has 2 heterocycles. The quantitative estimate of drug-likeness (QED) is 0.724. The molecule has 0 aliphatic heterocycles. The molecule has 2 aromatic heterocycles. The van der Waals surface area contributed by atoms with Crippen LogP contribution >= 0.6 is 0 Å². The van der Waals surface area contributed by atoms with Crippen LogP contribution in [0.4, 0.5) is 13.2 Å². The maximum Gasteiger partial charge on any atom is 0.490 e. The number of rotatable bonds is 0. The summed E-state index contributed by atoms with van der Waals surface area (Å²) in [6.45, 7) is 0. The molecule has 0 aliphatic rings. The van der Waals surface area contributed by atoms with Gasteiger partial charge in [0.25, 0.3) is 0 Å². The molecule has 0 atom stereocenters. The lowest BCUT2D eigenvalue weighted by atomic mass is 10.3. The van der Waals surface area contributed by atoms with Crippen LogP contribution in [0.1, 0.15) is 0 Å². The van der Waals surface area contributed by atoms with Gasteiger partial charge in [-0.3, -0.25) is 10.1 Å². The summed E-state index contributed by atoms with van der Waals surface area (Å²) in [5.74, 6) is -2.76. The van der Waals surface area contributed by atoms with Crippen LogP contribution in [-0.4, -0.2) is 32.4 Å². The molecule has 2 aromatic rings. The Balaban J connectivity index is 0.000000168. The van der Waals surface area contributed by atoms with Gasteiger partial charge in [-0.05, 0) is 6.07 Å². The zero-order chi connectivity index (χ0) is 12.2. The van der Waals surface area contributed by atoms with Crippen molar-refractivity contribution in [2.24, 2.45) is 0 Å². The molecule has 16 heavy (non-hydrogen) atoms. The molecule has 0 spiro atoms. The average molecular weight is 233 g/mol. The lowest BCUT2D eigenvalue weighted by Gasteiger charge is -1.93. The number of fused-ring (bicyclic) bond motifs is 1. The lowest BCUT2D eigenvalue weighted by molar-refractivity contribution is -0.192. The van der Waals surface area contributed by atoms with E-state index < -0.39 is 12.1 Å². The summed E-state index contributed by atoms with van der Waals surface area (Å²) < 4.78 is 31.7. The fourth-order valence-corrected chi connectivity index (χ4v) is 0.783. The molecular weight excluding hydrogens is 227 g/mol. The number of pyridine rings is 1. The van der Waals surface area contributed by atoms with E-state index in [1.165, 1.54) is 0 Å². The highest BCUT2D eigenvalue weighted by Gasteiger charge is 2.38. The number of aromatic nitrogens is 3. The molecule has 0 radical (unpaired) electrons. The maximum atomic E-state index is 10.6. The van der Waals surface area contributed by atoms with Crippen molar-refractivity contribution < 1.29 is 23.1 Å². The number of nitrogens with one attached hydrogen (secondary N) is 1. The standard InChI is InChI=1S/C6H5N3.C2HF3O2/c1-2-7-3-5-4-8-9-6(1)5;3-2(4,5)1(6)7/h1-4H,(H,8,9);(H,6,7). The number of nitrogens with zero attached hydrogens (tertiary/aromatic N) is 2. The molecule has 0 bridgehead atoms. The minimum atomic E-state index is -5.08. The number of hydrogen-bond acceptors (Lipinski definition) is 3. The van der Waals surface area contributed by atoms with Crippen molar-refractivity contribution in [3.05, 3.63) is 24.7 Å². The van der Waals surface area contributed by atoms with Crippen molar-refractivity contribution in [1.82, 2.24) is 15.2 Å². The molecule has 0 unspecified atom stereocenters. The molecule has 0 aliphatic carbocycles. The smallest absolute Gasteiger partial charge is 0.475 e. The number of carbonyl (C=O) groups is 1. The lowest BCUT2D eigenvalue weighted by Crippen LogP contribution is -2.21. The molecule has 0 saturated heterocycles. The van der Waals surface area contributed by atoms with E-state index in [1.54, 1.807) is 18.6 Å². The second-order valence-corrected chi connectivity index (χ2v) is 2.64. The largest absolute Gasteiger partial charge is 0.490 e. The Morgan fingerprint density at radius 2 is 2.00 bits per heavy atom. The van der Waals surface area contributed by atoms with Gasteiger partial charge in [0.15, 0.2) is 0 Å². The SMILES string of the molecule is O=C(O)C(F)(F)F.c1cc2[nH]ncc2cn1. The van der Waals surface area contributed by atoms with Crippen molar-refractivity contribution in [2.45, 2.75) is 6.18 Å². The van der Waals surface area contributed by atoms with Gasteiger partial charge < -0.3 is 5.11 Å². The molecule has 2 rings (SSSR count). The van der Waals surface area contributed by atoms with Crippen molar-refractivity contribution >= 4 is 16.9 Å². The molecule has 0 fully saturated rings. The maximum absolute atomic E-state index is 10.6. The number of aliphatic carboxylic acids is 1. The summed E-state index contributed by atoms with van der Waals surface area (Å²) in [6.07, 6.45) is 0.182. The summed E-state index contributed by atoms with van der Waals surface area (Å²) in [5.41, 5.74) is 1.03. The Morgan fingerprint density at radius 3 is 2.50 bits per heavy atom. The van der Waals surface area contributed by atoms with E-state index in [0.29, 0.717) is 0 Å². The number of H-pyrrole nitrogens is 1. The minimum Gasteiger partial charge on any atom is -0.475 e. The first-order valence-electron chi connectivity index (χ1n) is 3.94. The highest BCUT2D eigenvalue weighted by molar-refractivity contribution is 5.76. The molecule has 0 aromatic carbocycles.